The molecule has 1 amide bonds. The van der Waals surface area contributed by atoms with Crippen molar-refractivity contribution in [1.29, 1.82) is 0 Å². The van der Waals surface area contributed by atoms with E-state index in [1.165, 1.54) is 0 Å². The third-order valence-electron chi connectivity index (χ3n) is 4.12. The minimum absolute atomic E-state index is 0.119. The van der Waals surface area contributed by atoms with Crippen molar-refractivity contribution >= 4 is 5.91 Å². The second-order valence-electron chi connectivity index (χ2n) is 6.20. The Bertz CT molecular complexity index is 847. The maximum absolute atomic E-state index is 12.3. The van der Waals surface area contributed by atoms with E-state index < -0.39 is 0 Å². The first-order valence-corrected chi connectivity index (χ1v) is 9.12. The predicted octanol–water partition coefficient (Wildman–Crippen LogP) is 4.25. The largest absolute Gasteiger partial charge is 0.494 e. The number of nitrogens with one attached hydrogen (secondary N) is 1. The molecule has 0 aliphatic heterocycles. The van der Waals surface area contributed by atoms with Crippen LogP contribution in [-0.4, -0.2) is 22.5 Å². The van der Waals surface area contributed by atoms with E-state index in [1.54, 1.807) is 30.7 Å². The molecule has 0 saturated carbocycles. The van der Waals surface area contributed by atoms with Gasteiger partial charge in [-0.2, -0.15) is 0 Å². The lowest BCUT2D eigenvalue weighted by molar-refractivity contribution is 0.0951. The van der Waals surface area contributed by atoms with Crippen LogP contribution in [0, 0.1) is 0 Å². The SMILES string of the molecule is CCCCOc1ccc(C(=O)NCc2ccc(-c3cccnc3)nc2)cc1. The summed E-state index contributed by atoms with van der Waals surface area (Å²) in [7, 11) is 0. The van der Waals surface area contributed by atoms with Crippen molar-refractivity contribution in [3.05, 3.63) is 78.2 Å². The molecule has 0 atom stereocenters. The fourth-order valence-corrected chi connectivity index (χ4v) is 2.54. The molecule has 5 nitrogen and oxygen atoms in total. The van der Waals surface area contributed by atoms with Gasteiger partial charge in [-0.05, 0) is 54.4 Å². The van der Waals surface area contributed by atoms with E-state index in [2.05, 4.69) is 22.2 Å². The van der Waals surface area contributed by atoms with Gasteiger partial charge in [0.15, 0.2) is 0 Å². The fourth-order valence-electron chi connectivity index (χ4n) is 2.54. The second-order valence-corrected chi connectivity index (χ2v) is 6.20. The molecule has 27 heavy (non-hydrogen) atoms. The Labute approximate surface area is 159 Å². The van der Waals surface area contributed by atoms with Gasteiger partial charge in [0, 0.05) is 36.3 Å². The zero-order valence-electron chi connectivity index (χ0n) is 15.4. The average Bonchev–Trinajstić information content (AvgIpc) is 2.74. The number of nitrogens with zero attached hydrogens (tertiary/aromatic N) is 2. The molecule has 0 bridgehead atoms. The Balaban J connectivity index is 1.53. The van der Waals surface area contributed by atoms with Crippen molar-refractivity contribution in [3.63, 3.8) is 0 Å². The van der Waals surface area contributed by atoms with E-state index in [4.69, 9.17) is 4.74 Å². The molecule has 0 radical (unpaired) electrons. The van der Waals surface area contributed by atoms with Gasteiger partial charge in [0.25, 0.3) is 5.91 Å². The molecular formula is C22H23N3O2. The average molecular weight is 361 g/mol. The van der Waals surface area contributed by atoms with Gasteiger partial charge in [0.05, 0.1) is 12.3 Å². The maximum atomic E-state index is 12.3. The zero-order chi connectivity index (χ0) is 18.9. The molecule has 138 valence electrons. The van der Waals surface area contributed by atoms with Gasteiger partial charge in [-0.15, -0.1) is 0 Å². The number of aromatic nitrogens is 2. The monoisotopic (exact) mass is 361 g/mol. The molecule has 3 aromatic rings. The normalized spacial score (nSPS) is 10.4. The number of pyridine rings is 2. The Kier molecular flexibility index (Phi) is 6.52. The van der Waals surface area contributed by atoms with Gasteiger partial charge in [-0.3, -0.25) is 14.8 Å². The molecule has 3 rings (SSSR count). The summed E-state index contributed by atoms with van der Waals surface area (Å²) in [5, 5.41) is 2.91. The summed E-state index contributed by atoms with van der Waals surface area (Å²) in [6.45, 7) is 3.25. The highest BCUT2D eigenvalue weighted by atomic mass is 16.5. The summed E-state index contributed by atoms with van der Waals surface area (Å²) in [5.74, 6) is 0.668. The van der Waals surface area contributed by atoms with Crippen molar-refractivity contribution in [2.75, 3.05) is 6.61 Å². The minimum atomic E-state index is -0.119. The molecule has 0 saturated heterocycles. The molecule has 0 aliphatic rings. The van der Waals surface area contributed by atoms with Gasteiger partial charge >= 0.3 is 0 Å². The van der Waals surface area contributed by atoms with E-state index in [-0.39, 0.29) is 5.91 Å². The molecule has 0 aliphatic carbocycles. The van der Waals surface area contributed by atoms with E-state index in [0.717, 1.165) is 35.4 Å². The first-order valence-electron chi connectivity index (χ1n) is 9.12. The van der Waals surface area contributed by atoms with Crippen molar-refractivity contribution in [2.24, 2.45) is 0 Å². The predicted molar refractivity (Wildman–Crippen MR) is 105 cm³/mol. The lowest BCUT2D eigenvalue weighted by atomic mass is 10.1. The van der Waals surface area contributed by atoms with E-state index >= 15 is 0 Å². The first-order chi connectivity index (χ1) is 13.3. The number of rotatable bonds is 8. The molecule has 0 fully saturated rings. The summed E-state index contributed by atoms with van der Waals surface area (Å²) < 4.78 is 5.61. The van der Waals surface area contributed by atoms with Gasteiger partial charge in [0.2, 0.25) is 0 Å². The number of hydrogen-bond acceptors (Lipinski definition) is 4. The highest BCUT2D eigenvalue weighted by Crippen LogP contribution is 2.16. The summed E-state index contributed by atoms with van der Waals surface area (Å²) in [6.07, 6.45) is 7.40. The van der Waals surface area contributed by atoms with Crippen molar-refractivity contribution in [3.8, 4) is 17.0 Å². The topological polar surface area (TPSA) is 64.1 Å². The number of ether oxygens (including phenoxy) is 1. The third-order valence-corrected chi connectivity index (χ3v) is 4.12. The van der Waals surface area contributed by atoms with Crippen molar-refractivity contribution in [1.82, 2.24) is 15.3 Å². The molecule has 0 unspecified atom stereocenters. The number of amides is 1. The first kappa shape index (κ1) is 18.6. The van der Waals surface area contributed by atoms with Crippen LogP contribution in [0.4, 0.5) is 0 Å². The molecule has 1 N–H and O–H groups in total. The maximum Gasteiger partial charge on any atom is 0.251 e. The molecule has 2 aromatic heterocycles. The third kappa shape index (κ3) is 5.38. The number of benzene rings is 1. The Morgan fingerprint density at radius 1 is 1.07 bits per heavy atom. The van der Waals surface area contributed by atoms with Crippen LogP contribution in [0.3, 0.4) is 0 Å². The van der Waals surface area contributed by atoms with E-state index in [1.807, 2.05) is 36.4 Å². The van der Waals surface area contributed by atoms with Gasteiger partial charge in [0.1, 0.15) is 5.75 Å². The summed E-state index contributed by atoms with van der Waals surface area (Å²) >= 11 is 0. The molecule has 5 heteroatoms. The highest BCUT2D eigenvalue weighted by Gasteiger charge is 2.06. The van der Waals surface area contributed by atoms with Gasteiger partial charge in [-0.25, -0.2) is 0 Å². The lowest BCUT2D eigenvalue weighted by Crippen LogP contribution is -2.22. The van der Waals surface area contributed by atoms with Crippen molar-refractivity contribution < 1.29 is 9.53 Å². The number of unbranched alkanes of at least 4 members (excludes halogenated alkanes) is 1. The van der Waals surface area contributed by atoms with Crippen LogP contribution >= 0.6 is 0 Å². The Morgan fingerprint density at radius 2 is 1.93 bits per heavy atom. The zero-order valence-corrected chi connectivity index (χ0v) is 15.4. The molecule has 0 spiro atoms. The molecule has 1 aromatic carbocycles. The summed E-state index contributed by atoms with van der Waals surface area (Å²) in [4.78, 5) is 20.8. The van der Waals surface area contributed by atoms with Gasteiger partial charge in [-0.1, -0.05) is 19.4 Å². The van der Waals surface area contributed by atoms with Crippen molar-refractivity contribution in [2.45, 2.75) is 26.3 Å². The van der Waals surface area contributed by atoms with Crippen LogP contribution in [0.5, 0.6) is 5.75 Å². The van der Waals surface area contributed by atoms with Crippen LogP contribution in [0.15, 0.2) is 67.1 Å². The smallest absolute Gasteiger partial charge is 0.251 e. The van der Waals surface area contributed by atoms with E-state index in [9.17, 15) is 4.79 Å². The van der Waals surface area contributed by atoms with Crippen LogP contribution in [0.25, 0.3) is 11.3 Å². The van der Waals surface area contributed by atoms with Crippen LogP contribution in [-0.2, 0) is 6.54 Å². The van der Waals surface area contributed by atoms with Gasteiger partial charge < -0.3 is 10.1 Å². The number of hydrogen-bond donors (Lipinski definition) is 1. The number of carbonyl (C=O) groups is 1. The summed E-state index contributed by atoms with van der Waals surface area (Å²) in [6, 6.07) is 14.9. The quantitative estimate of drug-likeness (QED) is 0.609. The lowest BCUT2D eigenvalue weighted by Gasteiger charge is -2.08. The number of carbonyl (C=O) groups excluding carboxylic acids is 1. The standard InChI is InChI=1S/C22H23N3O2/c1-2-3-13-27-20-9-7-18(8-10-20)22(26)25-15-17-6-11-21(24-14-17)19-5-4-12-23-16-19/h4-12,14,16H,2-3,13,15H2,1H3,(H,25,26). The Morgan fingerprint density at radius 3 is 2.59 bits per heavy atom. The van der Waals surface area contributed by atoms with Crippen LogP contribution in [0.1, 0.15) is 35.7 Å². The highest BCUT2D eigenvalue weighted by molar-refractivity contribution is 5.94. The van der Waals surface area contributed by atoms with E-state index in [0.29, 0.717) is 18.7 Å². The van der Waals surface area contributed by atoms with Crippen LogP contribution in [0.2, 0.25) is 0 Å². The summed E-state index contributed by atoms with van der Waals surface area (Å²) in [5.41, 5.74) is 3.37. The fraction of sp³-hybridized carbons (Fsp3) is 0.227. The van der Waals surface area contributed by atoms with Crippen LogP contribution < -0.4 is 10.1 Å². The Hall–Kier alpha value is -3.21. The second kappa shape index (κ2) is 9.48. The molecular weight excluding hydrogens is 338 g/mol. The minimum Gasteiger partial charge on any atom is -0.494 e. The molecule has 2 heterocycles.